The van der Waals surface area contributed by atoms with Crippen molar-refractivity contribution in [2.45, 2.75) is 47.5 Å². The van der Waals surface area contributed by atoms with E-state index in [-0.39, 0.29) is 5.69 Å². The van der Waals surface area contributed by atoms with E-state index in [0.717, 1.165) is 11.1 Å². The molecule has 0 bridgehead atoms. The van der Waals surface area contributed by atoms with Gasteiger partial charge in [-0.15, -0.1) is 0 Å². The van der Waals surface area contributed by atoms with Gasteiger partial charge in [-0.2, -0.15) is 0 Å². The van der Waals surface area contributed by atoms with Crippen LogP contribution in [0.15, 0.2) is 69.8 Å². The Morgan fingerprint density at radius 3 is 2.18 bits per heavy atom. The van der Waals surface area contributed by atoms with Gasteiger partial charge in [-0.05, 0) is 47.1 Å². The molecule has 1 aliphatic rings. The Labute approximate surface area is 195 Å². The Morgan fingerprint density at radius 2 is 1.70 bits per heavy atom. The van der Waals surface area contributed by atoms with Gasteiger partial charge in [0.2, 0.25) is 0 Å². The number of carbonyl (C=O) groups excluding carboxylic acids is 1. The number of non-ortho nitro benzene ring substituents is 1. The lowest BCUT2D eigenvalue weighted by atomic mass is 9.86. The normalized spacial score (nSPS) is 16.2. The fourth-order valence-electron chi connectivity index (χ4n) is 3.98. The number of ether oxygens (including phenoxy) is 1. The summed E-state index contributed by atoms with van der Waals surface area (Å²) in [6, 6.07) is 6.18. The number of nitrogens with zero attached hydrogens (tertiary/aromatic N) is 1. The molecule has 8 heteroatoms. The minimum Gasteiger partial charge on any atom is -0.466 e. The summed E-state index contributed by atoms with van der Waals surface area (Å²) in [6.45, 7) is 11.4. The number of allylic oxidation sites excluding steroid dienone is 7. The summed E-state index contributed by atoms with van der Waals surface area (Å²) in [6.07, 6.45) is 4.56. The molecule has 0 saturated carbocycles. The van der Waals surface area contributed by atoms with Crippen molar-refractivity contribution in [1.29, 1.82) is 0 Å². The summed E-state index contributed by atoms with van der Waals surface area (Å²) in [7, 11) is -1.79. The first kappa shape index (κ1) is 26.3. The number of rotatable bonds is 8. The van der Waals surface area contributed by atoms with E-state index in [1.165, 1.54) is 19.2 Å². The largest absolute Gasteiger partial charge is 0.466 e. The highest BCUT2D eigenvalue weighted by atomic mass is 31.2. The molecule has 0 saturated heterocycles. The Bertz CT molecular complexity index is 1100. The number of nitro benzene ring substituents is 1. The van der Waals surface area contributed by atoms with Crippen LogP contribution >= 0.6 is 7.14 Å². The maximum Gasteiger partial charge on any atom is 0.336 e. The quantitative estimate of drug-likeness (QED) is 0.158. The van der Waals surface area contributed by atoms with Gasteiger partial charge in [0.25, 0.3) is 5.69 Å². The predicted octanol–water partition coefficient (Wildman–Crippen LogP) is 6.26. The molecule has 1 aromatic carbocycles. The molecule has 0 amide bonds. The van der Waals surface area contributed by atoms with E-state index in [9.17, 15) is 19.5 Å². The van der Waals surface area contributed by atoms with Crippen molar-refractivity contribution in [3.8, 4) is 0 Å². The van der Waals surface area contributed by atoms with E-state index >= 15 is 0 Å². The van der Waals surface area contributed by atoms with Gasteiger partial charge < -0.3 is 14.6 Å². The number of hydrogen-bond donors (Lipinski definition) is 1. The van der Waals surface area contributed by atoms with Crippen LogP contribution in [0.2, 0.25) is 0 Å². The zero-order chi connectivity index (χ0) is 24.9. The third-order valence-electron chi connectivity index (χ3n) is 5.57. The van der Waals surface area contributed by atoms with Crippen molar-refractivity contribution < 1.29 is 19.0 Å². The molecule has 0 spiro atoms. The number of hydrogen-bond acceptors (Lipinski definition) is 6. The van der Waals surface area contributed by atoms with E-state index in [0.29, 0.717) is 40.2 Å². The van der Waals surface area contributed by atoms with E-state index in [1.807, 2.05) is 46.8 Å². The summed E-state index contributed by atoms with van der Waals surface area (Å²) in [5.41, 5.74) is 4.12. The molecule has 33 heavy (non-hydrogen) atoms. The smallest absolute Gasteiger partial charge is 0.336 e. The molecule has 178 valence electrons. The SMILES string of the molecule is COC(=O)C1=C(C)NC(C)=C(P(=O)(CC=C(C)C)CC=C(C)C)C1c1cccc([N+](=O)[O-])c1. The van der Waals surface area contributed by atoms with Crippen LogP contribution in [0, 0.1) is 10.1 Å². The topological polar surface area (TPSA) is 98.5 Å². The van der Waals surface area contributed by atoms with Crippen molar-refractivity contribution in [2.75, 3.05) is 19.4 Å². The monoisotopic (exact) mass is 472 g/mol. The number of nitrogens with one attached hydrogen (secondary N) is 1. The number of nitro groups is 1. The van der Waals surface area contributed by atoms with Gasteiger partial charge in [-0.25, -0.2) is 4.79 Å². The van der Waals surface area contributed by atoms with Crippen LogP contribution in [0.3, 0.4) is 0 Å². The van der Waals surface area contributed by atoms with Crippen molar-refractivity contribution in [2.24, 2.45) is 0 Å². The second-order valence-electron chi connectivity index (χ2n) is 8.77. The van der Waals surface area contributed by atoms with Crippen LogP contribution in [0.1, 0.15) is 53.0 Å². The molecule has 2 rings (SSSR count). The van der Waals surface area contributed by atoms with E-state index < -0.39 is 24.0 Å². The number of methoxy groups -OCH3 is 1. The molecule has 1 aliphatic heterocycles. The lowest BCUT2D eigenvalue weighted by Gasteiger charge is -2.35. The first-order valence-electron chi connectivity index (χ1n) is 10.8. The first-order valence-corrected chi connectivity index (χ1v) is 12.9. The number of benzene rings is 1. The van der Waals surface area contributed by atoms with Gasteiger partial charge in [-0.3, -0.25) is 10.1 Å². The van der Waals surface area contributed by atoms with E-state index in [1.54, 1.807) is 19.1 Å². The molecule has 1 atom stereocenters. The third kappa shape index (κ3) is 6.11. The average Bonchev–Trinajstić information content (AvgIpc) is 2.75. The van der Waals surface area contributed by atoms with Gasteiger partial charge in [0.15, 0.2) is 0 Å². The molecule has 0 aromatic heterocycles. The zero-order valence-corrected chi connectivity index (χ0v) is 21.3. The lowest BCUT2D eigenvalue weighted by molar-refractivity contribution is -0.384. The van der Waals surface area contributed by atoms with Crippen LogP contribution in [0.25, 0.3) is 0 Å². The summed E-state index contributed by atoms with van der Waals surface area (Å²) < 4.78 is 19.7. The van der Waals surface area contributed by atoms with Crippen LogP contribution in [-0.2, 0) is 14.1 Å². The van der Waals surface area contributed by atoms with Crippen molar-refractivity contribution in [1.82, 2.24) is 5.32 Å². The molecular weight excluding hydrogens is 439 g/mol. The van der Waals surface area contributed by atoms with E-state index in [2.05, 4.69) is 5.32 Å². The zero-order valence-electron chi connectivity index (χ0n) is 20.4. The lowest BCUT2D eigenvalue weighted by Crippen LogP contribution is -2.29. The van der Waals surface area contributed by atoms with Crippen LogP contribution < -0.4 is 5.32 Å². The van der Waals surface area contributed by atoms with Crippen molar-refractivity contribution in [3.05, 3.63) is 85.5 Å². The van der Waals surface area contributed by atoms with Crippen LogP contribution in [0.4, 0.5) is 5.69 Å². The molecule has 7 nitrogen and oxygen atoms in total. The van der Waals surface area contributed by atoms with Gasteiger partial charge in [0.05, 0.1) is 17.6 Å². The maximum atomic E-state index is 14.7. The molecule has 0 aliphatic carbocycles. The fourth-order valence-corrected chi connectivity index (χ4v) is 7.26. The second kappa shape index (κ2) is 10.8. The molecule has 1 aromatic rings. The average molecular weight is 473 g/mol. The summed E-state index contributed by atoms with van der Waals surface area (Å²) in [4.78, 5) is 23.9. The highest BCUT2D eigenvalue weighted by molar-refractivity contribution is 7.68. The van der Waals surface area contributed by atoms with Gasteiger partial charge >= 0.3 is 5.97 Å². The van der Waals surface area contributed by atoms with Gasteiger partial charge in [-0.1, -0.05) is 35.4 Å². The molecular formula is C25H33N2O5P. The Kier molecular flexibility index (Phi) is 8.62. The number of esters is 1. The summed E-state index contributed by atoms with van der Waals surface area (Å²) in [5.74, 6) is -1.28. The van der Waals surface area contributed by atoms with Gasteiger partial charge in [0.1, 0.15) is 7.14 Å². The van der Waals surface area contributed by atoms with Crippen LogP contribution in [-0.4, -0.2) is 30.3 Å². The highest BCUT2D eigenvalue weighted by Crippen LogP contribution is 2.63. The molecule has 0 fully saturated rings. The van der Waals surface area contributed by atoms with Crippen molar-refractivity contribution in [3.63, 3.8) is 0 Å². The molecule has 0 radical (unpaired) electrons. The third-order valence-corrected chi connectivity index (χ3v) is 8.59. The second-order valence-corrected chi connectivity index (χ2v) is 11.8. The van der Waals surface area contributed by atoms with E-state index in [4.69, 9.17) is 4.74 Å². The molecule has 1 unspecified atom stereocenters. The summed E-state index contributed by atoms with van der Waals surface area (Å²) >= 11 is 0. The standard InChI is InChI=1S/C25H33N2O5P/c1-16(2)11-13-33(31,14-12-17(3)4)24-19(6)26-18(5)22(25(28)32-7)23(24)20-9-8-10-21(15-20)27(29)30/h8-12,15,23,26H,13-14H2,1-7H3. The maximum absolute atomic E-state index is 14.7. The fraction of sp³-hybridized carbons (Fsp3) is 0.400. The Balaban J connectivity index is 2.86. The Hall–Kier alpha value is -2.92. The predicted molar refractivity (Wildman–Crippen MR) is 133 cm³/mol. The highest BCUT2D eigenvalue weighted by Gasteiger charge is 2.41. The molecule has 1 heterocycles. The number of carbonyl (C=O) groups is 1. The minimum absolute atomic E-state index is 0.0895. The van der Waals surface area contributed by atoms with Crippen molar-refractivity contribution >= 4 is 18.8 Å². The Morgan fingerprint density at radius 1 is 1.12 bits per heavy atom. The van der Waals surface area contributed by atoms with Crippen LogP contribution in [0.5, 0.6) is 0 Å². The molecule has 1 N–H and O–H groups in total. The summed E-state index contributed by atoms with van der Waals surface area (Å²) in [5, 5.41) is 15.3. The first-order chi connectivity index (χ1) is 15.4. The van der Waals surface area contributed by atoms with Gasteiger partial charge in [0, 0.05) is 47.1 Å². The minimum atomic E-state index is -3.08. The number of dihydropyridines is 1.